The normalized spacial score (nSPS) is 15.7. The molecule has 0 aromatic heterocycles. The summed E-state index contributed by atoms with van der Waals surface area (Å²) in [6.45, 7) is 2.03. The molecule has 4 nitrogen and oxygen atoms in total. The molecule has 0 bridgehead atoms. The number of hydrogen-bond donors (Lipinski definition) is 2. The Morgan fingerprint density at radius 2 is 1.95 bits per heavy atom. The Morgan fingerprint density at radius 3 is 2.47 bits per heavy atom. The van der Waals surface area contributed by atoms with Crippen LogP contribution in [-0.2, 0) is 6.42 Å². The van der Waals surface area contributed by atoms with E-state index in [2.05, 4.69) is 39.8 Å². The quantitative estimate of drug-likeness (QED) is 0.853. The van der Waals surface area contributed by atoms with Crippen molar-refractivity contribution in [1.29, 1.82) is 0 Å². The topological polar surface area (TPSA) is 44.4 Å². The van der Waals surface area contributed by atoms with Crippen molar-refractivity contribution < 1.29 is 4.79 Å². The summed E-state index contributed by atoms with van der Waals surface area (Å²) in [7, 11) is 4.06. The van der Waals surface area contributed by atoms with Crippen LogP contribution in [0.3, 0.4) is 0 Å². The summed E-state index contributed by atoms with van der Waals surface area (Å²) < 4.78 is 0. The number of nitrogens with one attached hydrogen (secondary N) is 2. The van der Waals surface area contributed by atoms with Crippen LogP contribution in [0.1, 0.15) is 25.3 Å². The number of carbonyl (C=O) groups is 1. The minimum absolute atomic E-state index is 0.0417. The minimum atomic E-state index is -0.0417. The predicted octanol–water partition coefficient (Wildman–Crippen LogP) is 2.15. The van der Waals surface area contributed by atoms with Crippen LogP contribution in [0.2, 0.25) is 0 Å². The summed E-state index contributed by atoms with van der Waals surface area (Å²) >= 11 is 0. The fourth-order valence-corrected chi connectivity index (χ4v) is 2.01. The molecule has 1 aliphatic rings. The van der Waals surface area contributed by atoms with E-state index in [1.54, 1.807) is 0 Å². The molecule has 19 heavy (non-hydrogen) atoms. The summed E-state index contributed by atoms with van der Waals surface area (Å²) in [6.07, 6.45) is 3.09. The maximum Gasteiger partial charge on any atom is 0.315 e. The highest BCUT2D eigenvalue weighted by atomic mass is 16.2. The van der Waals surface area contributed by atoms with Gasteiger partial charge in [0.05, 0.1) is 0 Å². The molecule has 0 radical (unpaired) electrons. The summed E-state index contributed by atoms with van der Waals surface area (Å²) in [5.74, 6) is 0. The van der Waals surface area contributed by atoms with Gasteiger partial charge < -0.3 is 15.5 Å². The molecular weight excluding hydrogens is 238 g/mol. The number of amides is 2. The second kappa shape index (κ2) is 5.95. The van der Waals surface area contributed by atoms with E-state index in [0.29, 0.717) is 6.04 Å². The van der Waals surface area contributed by atoms with Crippen LogP contribution in [0.4, 0.5) is 10.5 Å². The number of urea groups is 1. The molecule has 0 spiro atoms. The molecule has 104 valence electrons. The maximum atomic E-state index is 11.6. The van der Waals surface area contributed by atoms with E-state index in [0.717, 1.165) is 19.3 Å². The molecule has 1 fully saturated rings. The van der Waals surface area contributed by atoms with Crippen molar-refractivity contribution in [2.24, 2.45) is 0 Å². The van der Waals surface area contributed by atoms with Gasteiger partial charge in [0.2, 0.25) is 0 Å². The monoisotopic (exact) mass is 261 g/mol. The van der Waals surface area contributed by atoms with Crippen molar-refractivity contribution in [2.45, 2.75) is 38.3 Å². The van der Waals surface area contributed by atoms with Crippen molar-refractivity contribution in [3.05, 3.63) is 29.8 Å². The van der Waals surface area contributed by atoms with E-state index < -0.39 is 0 Å². The molecule has 1 aliphatic carbocycles. The first-order chi connectivity index (χ1) is 9.04. The van der Waals surface area contributed by atoms with Gasteiger partial charge >= 0.3 is 6.03 Å². The fraction of sp³-hybridized carbons (Fsp3) is 0.533. The Morgan fingerprint density at radius 1 is 1.32 bits per heavy atom. The van der Waals surface area contributed by atoms with Gasteiger partial charge in [0, 0.05) is 31.9 Å². The zero-order valence-electron chi connectivity index (χ0n) is 11.9. The van der Waals surface area contributed by atoms with Crippen molar-refractivity contribution in [3.63, 3.8) is 0 Å². The molecule has 2 amide bonds. The summed E-state index contributed by atoms with van der Waals surface area (Å²) in [5, 5.41) is 5.91. The summed E-state index contributed by atoms with van der Waals surface area (Å²) in [5.41, 5.74) is 2.43. The van der Waals surface area contributed by atoms with Crippen LogP contribution in [0.15, 0.2) is 24.3 Å². The minimum Gasteiger partial charge on any atom is -0.378 e. The lowest BCUT2D eigenvalue weighted by atomic mass is 10.1. The van der Waals surface area contributed by atoms with Gasteiger partial charge in [-0.1, -0.05) is 12.1 Å². The fourth-order valence-electron chi connectivity index (χ4n) is 2.01. The van der Waals surface area contributed by atoms with E-state index in [1.807, 2.05) is 21.0 Å². The van der Waals surface area contributed by atoms with Gasteiger partial charge in [-0.3, -0.25) is 0 Å². The molecule has 2 N–H and O–H groups in total. The van der Waals surface area contributed by atoms with Gasteiger partial charge in [0.1, 0.15) is 0 Å². The smallest absolute Gasteiger partial charge is 0.315 e. The Bertz CT molecular complexity index is 424. The van der Waals surface area contributed by atoms with Gasteiger partial charge in [-0.25, -0.2) is 4.79 Å². The zero-order chi connectivity index (χ0) is 13.8. The van der Waals surface area contributed by atoms with Crippen LogP contribution in [0.5, 0.6) is 0 Å². The van der Waals surface area contributed by atoms with Gasteiger partial charge in [0.15, 0.2) is 0 Å². The molecule has 1 atom stereocenters. The molecule has 1 saturated carbocycles. The Kier molecular flexibility index (Phi) is 4.30. The Balaban J connectivity index is 1.80. The van der Waals surface area contributed by atoms with Crippen LogP contribution in [0, 0.1) is 0 Å². The molecule has 1 aromatic carbocycles. The van der Waals surface area contributed by atoms with Gasteiger partial charge in [-0.05, 0) is 43.9 Å². The molecular formula is C15H23N3O. The molecule has 0 heterocycles. The SMILES string of the molecule is C[C@H](Cc1ccc(N(C)C)cc1)NC(=O)NC1CC1. The lowest BCUT2D eigenvalue weighted by Gasteiger charge is -2.16. The second-order valence-corrected chi connectivity index (χ2v) is 5.56. The van der Waals surface area contributed by atoms with Gasteiger partial charge in [-0.2, -0.15) is 0 Å². The third-order valence-electron chi connectivity index (χ3n) is 3.28. The van der Waals surface area contributed by atoms with Crippen molar-refractivity contribution in [2.75, 3.05) is 19.0 Å². The molecule has 0 aliphatic heterocycles. The largest absolute Gasteiger partial charge is 0.378 e. The van der Waals surface area contributed by atoms with Crippen LogP contribution < -0.4 is 15.5 Å². The lowest BCUT2D eigenvalue weighted by Crippen LogP contribution is -2.42. The molecule has 1 aromatic rings. The van der Waals surface area contributed by atoms with Crippen molar-refractivity contribution in [3.8, 4) is 0 Å². The first-order valence-corrected chi connectivity index (χ1v) is 6.88. The maximum absolute atomic E-state index is 11.6. The van der Waals surface area contributed by atoms with Crippen LogP contribution >= 0.6 is 0 Å². The Hall–Kier alpha value is -1.71. The number of benzene rings is 1. The summed E-state index contributed by atoms with van der Waals surface area (Å²) in [4.78, 5) is 13.7. The molecule has 0 saturated heterocycles. The predicted molar refractivity (Wildman–Crippen MR) is 78.6 cm³/mol. The number of carbonyl (C=O) groups excluding carboxylic acids is 1. The average Bonchev–Trinajstić information content (AvgIpc) is 3.13. The number of nitrogens with zero attached hydrogens (tertiary/aromatic N) is 1. The van der Waals surface area contributed by atoms with E-state index >= 15 is 0 Å². The first-order valence-electron chi connectivity index (χ1n) is 6.88. The van der Waals surface area contributed by atoms with Crippen LogP contribution in [-0.4, -0.2) is 32.2 Å². The number of rotatable bonds is 5. The number of anilines is 1. The average molecular weight is 261 g/mol. The lowest BCUT2D eigenvalue weighted by molar-refractivity contribution is 0.237. The molecule has 0 unspecified atom stereocenters. The highest BCUT2D eigenvalue weighted by molar-refractivity contribution is 5.74. The molecule has 2 rings (SSSR count). The zero-order valence-corrected chi connectivity index (χ0v) is 11.9. The van der Waals surface area contributed by atoms with E-state index in [4.69, 9.17) is 0 Å². The third kappa shape index (κ3) is 4.47. The second-order valence-electron chi connectivity index (χ2n) is 5.56. The molecule has 4 heteroatoms. The highest BCUT2D eigenvalue weighted by Gasteiger charge is 2.23. The first kappa shape index (κ1) is 13.7. The van der Waals surface area contributed by atoms with Gasteiger partial charge in [0.25, 0.3) is 0 Å². The highest BCUT2D eigenvalue weighted by Crippen LogP contribution is 2.18. The van der Waals surface area contributed by atoms with Crippen molar-refractivity contribution >= 4 is 11.7 Å². The standard InChI is InChI=1S/C15H23N3O/c1-11(16-15(19)17-13-6-7-13)10-12-4-8-14(9-5-12)18(2)3/h4-5,8-9,11,13H,6-7,10H2,1-3H3,(H2,16,17,19)/t11-/m1/s1. The van der Waals surface area contributed by atoms with Crippen LogP contribution in [0.25, 0.3) is 0 Å². The number of hydrogen-bond acceptors (Lipinski definition) is 2. The van der Waals surface area contributed by atoms with E-state index in [9.17, 15) is 4.79 Å². The van der Waals surface area contributed by atoms with E-state index in [-0.39, 0.29) is 12.1 Å². The van der Waals surface area contributed by atoms with Crippen molar-refractivity contribution in [1.82, 2.24) is 10.6 Å². The third-order valence-corrected chi connectivity index (χ3v) is 3.28. The van der Waals surface area contributed by atoms with Gasteiger partial charge in [-0.15, -0.1) is 0 Å². The Labute approximate surface area is 115 Å². The summed E-state index contributed by atoms with van der Waals surface area (Å²) in [6, 6.07) is 8.95. The van der Waals surface area contributed by atoms with E-state index in [1.165, 1.54) is 11.3 Å².